The number of Topliss-reactive ketones (excluding diaryl/α,β-unsaturated/α-hetero) is 1. The third-order valence-corrected chi connectivity index (χ3v) is 8.37. The molecule has 0 aliphatic carbocycles. The van der Waals surface area contributed by atoms with Crippen LogP contribution in [0.25, 0.3) is 11.1 Å². The minimum atomic E-state index is -1.54. The zero-order valence-corrected chi connectivity index (χ0v) is 30.4. The van der Waals surface area contributed by atoms with E-state index < -0.39 is 71.6 Å². The summed E-state index contributed by atoms with van der Waals surface area (Å²) < 4.78 is 0. The number of nitrogens with zero attached hydrogens (tertiary/aromatic N) is 2. The molecule has 284 valence electrons. The van der Waals surface area contributed by atoms with Crippen molar-refractivity contribution in [3.05, 3.63) is 83.4 Å². The standard InChI is InChI=1S/C36H46ClN9O7/c1-20(30(48)31-40-17-6-18-41-31)42-34(51)27(7-4-5-16-38)44-32(49)21(2)43-36(53)29(22(3)47)46-35(52)28(19-39)45-33(50)25-10-8-23(9-11-25)24-12-14-26(37)15-13-24/h6,8-15,17-18,20-22,27-29,47H,4-5,7,16,19,38-39H2,1-3H3,(H,42,51)(H,43,53)(H,44,49)(H,45,50)(H,46,52). The van der Waals surface area contributed by atoms with Gasteiger partial charge in [-0.1, -0.05) is 35.9 Å². The third-order valence-electron chi connectivity index (χ3n) is 8.11. The predicted molar refractivity (Wildman–Crippen MR) is 197 cm³/mol. The van der Waals surface area contributed by atoms with Crippen LogP contribution in [0.15, 0.2) is 67.0 Å². The summed E-state index contributed by atoms with van der Waals surface area (Å²) in [6.45, 7) is 4.10. The second kappa shape index (κ2) is 20.7. The average molecular weight is 752 g/mol. The van der Waals surface area contributed by atoms with E-state index in [0.717, 1.165) is 11.1 Å². The summed E-state index contributed by atoms with van der Waals surface area (Å²) in [6.07, 6.45) is 2.59. The normalized spacial score (nSPS) is 14.3. The first-order valence-electron chi connectivity index (χ1n) is 17.0. The smallest absolute Gasteiger partial charge is 0.251 e. The summed E-state index contributed by atoms with van der Waals surface area (Å²) in [4.78, 5) is 86.1. The molecular weight excluding hydrogens is 706 g/mol. The van der Waals surface area contributed by atoms with Gasteiger partial charge in [0.1, 0.15) is 24.2 Å². The molecule has 16 nitrogen and oxygen atoms in total. The molecule has 0 spiro atoms. The summed E-state index contributed by atoms with van der Waals surface area (Å²) in [5.41, 5.74) is 13.4. The van der Waals surface area contributed by atoms with E-state index in [1.165, 1.54) is 33.2 Å². The minimum absolute atomic E-state index is 0.0826. The van der Waals surface area contributed by atoms with Gasteiger partial charge >= 0.3 is 0 Å². The molecule has 0 radical (unpaired) electrons. The Morgan fingerprint density at radius 3 is 1.83 bits per heavy atom. The van der Waals surface area contributed by atoms with Crippen molar-refractivity contribution in [3.8, 4) is 11.1 Å². The van der Waals surface area contributed by atoms with Crippen molar-refractivity contribution in [1.29, 1.82) is 0 Å². The molecule has 5 amide bonds. The first kappa shape index (κ1) is 42.1. The van der Waals surface area contributed by atoms with Crippen molar-refractivity contribution in [3.63, 3.8) is 0 Å². The fourth-order valence-corrected chi connectivity index (χ4v) is 5.14. The topological polar surface area (TPSA) is 261 Å². The second-order valence-electron chi connectivity index (χ2n) is 12.3. The monoisotopic (exact) mass is 751 g/mol. The highest BCUT2D eigenvalue weighted by molar-refractivity contribution is 6.30. The van der Waals surface area contributed by atoms with Crippen LogP contribution in [0.2, 0.25) is 5.02 Å². The third kappa shape index (κ3) is 12.7. The van der Waals surface area contributed by atoms with Crippen LogP contribution >= 0.6 is 11.6 Å². The number of amides is 5. The van der Waals surface area contributed by atoms with Gasteiger partial charge in [0.2, 0.25) is 29.4 Å². The lowest BCUT2D eigenvalue weighted by Gasteiger charge is -2.26. The van der Waals surface area contributed by atoms with Crippen LogP contribution < -0.4 is 38.1 Å². The van der Waals surface area contributed by atoms with E-state index in [2.05, 4.69) is 36.6 Å². The van der Waals surface area contributed by atoms with Crippen LogP contribution in [0.1, 0.15) is 61.0 Å². The Hall–Kier alpha value is -5.29. The second-order valence-corrected chi connectivity index (χ2v) is 12.8. The van der Waals surface area contributed by atoms with Gasteiger partial charge in [-0.25, -0.2) is 9.97 Å². The lowest BCUT2D eigenvalue weighted by Crippen LogP contribution is -2.61. The van der Waals surface area contributed by atoms with E-state index in [-0.39, 0.29) is 24.4 Å². The van der Waals surface area contributed by atoms with Crippen LogP contribution in [-0.4, -0.2) is 99.8 Å². The number of nitrogens with two attached hydrogens (primary N) is 2. The zero-order valence-electron chi connectivity index (χ0n) is 29.7. The largest absolute Gasteiger partial charge is 0.391 e. The van der Waals surface area contributed by atoms with Crippen molar-refractivity contribution in [2.75, 3.05) is 13.1 Å². The summed E-state index contributed by atoms with van der Waals surface area (Å²) in [5.74, 6) is -4.37. The predicted octanol–water partition coefficient (Wildman–Crippen LogP) is 0.226. The Morgan fingerprint density at radius 2 is 1.26 bits per heavy atom. The van der Waals surface area contributed by atoms with Gasteiger partial charge in [-0.2, -0.15) is 0 Å². The first-order chi connectivity index (χ1) is 25.2. The molecule has 0 saturated heterocycles. The average Bonchev–Trinajstić information content (AvgIpc) is 3.15. The SMILES string of the molecule is CC(NC(=O)C(NC(=O)C(CN)NC(=O)c1ccc(-c2ccc(Cl)cc2)cc1)C(C)O)C(=O)NC(CCCCN)C(=O)NC(C)C(=O)c1ncccn1. The summed E-state index contributed by atoms with van der Waals surface area (Å²) in [5, 5.41) is 23.5. The minimum Gasteiger partial charge on any atom is -0.391 e. The van der Waals surface area contributed by atoms with Gasteiger partial charge in [-0.3, -0.25) is 28.8 Å². The number of aliphatic hydroxyl groups excluding tert-OH is 1. The lowest BCUT2D eigenvalue weighted by atomic mass is 10.0. The van der Waals surface area contributed by atoms with Gasteiger partial charge in [-0.15, -0.1) is 0 Å². The number of carbonyl (C=O) groups excluding carboxylic acids is 6. The molecule has 17 heteroatoms. The van der Waals surface area contributed by atoms with Crippen molar-refractivity contribution >= 4 is 46.9 Å². The van der Waals surface area contributed by atoms with Gasteiger partial charge in [0.25, 0.3) is 5.91 Å². The Morgan fingerprint density at radius 1 is 0.698 bits per heavy atom. The first-order valence-corrected chi connectivity index (χ1v) is 17.4. The lowest BCUT2D eigenvalue weighted by molar-refractivity contribution is -0.135. The number of aromatic nitrogens is 2. The molecule has 0 saturated carbocycles. The fraction of sp³-hybridized carbons (Fsp3) is 0.389. The van der Waals surface area contributed by atoms with E-state index in [4.69, 9.17) is 23.1 Å². The van der Waals surface area contributed by atoms with Gasteiger partial charge in [0.15, 0.2) is 5.82 Å². The number of hydrogen-bond donors (Lipinski definition) is 8. The van der Waals surface area contributed by atoms with Gasteiger partial charge < -0.3 is 43.2 Å². The van der Waals surface area contributed by atoms with Gasteiger partial charge in [0, 0.05) is 29.5 Å². The molecule has 0 bridgehead atoms. The number of nitrogens with one attached hydrogen (secondary N) is 5. The molecule has 6 atom stereocenters. The molecule has 0 fully saturated rings. The maximum Gasteiger partial charge on any atom is 0.251 e. The Kier molecular flexibility index (Phi) is 16.4. The summed E-state index contributed by atoms with van der Waals surface area (Å²) >= 11 is 5.96. The number of halogens is 1. The molecule has 0 aliphatic heterocycles. The number of unbranched alkanes of at least 4 members (excludes halogenated alkanes) is 1. The number of aliphatic hydroxyl groups is 1. The molecule has 1 aromatic heterocycles. The molecule has 10 N–H and O–H groups in total. The van der Waals surface area contributed by atoms with Crippen molar-refractivity contribution < 1.29 is 33.9 Å². The Labute approximate surface area is 312 Å². The summed E-state index contributed by atoms with van der Waals surface area (Å²) in [6, 6.07) is 9.20. The summed E-state index contributed by atoms with van der Waals surface area (Å²) in [7, 11) is 0. The molecule has 53 heavy (non-hydrogen) atoms. The number of benzene rings is 2. The molecule has 3 aromatic rings. The van der Waals surface area contributed by atoms with Crippen LogP contribution in [0, 0.1) is 0 Å². The highest BCUT2D eigenvalue weighted by Gasteiger charge is 2.32. The van der Waals surface area contributed by atoms with Gasteiger partial charge in [-0.05, 0) is 88.0 Å². The van der Waals surface area contributed by atoms with E-state index in [9.17, 15) is 33.9 Å². The van der Waals surface area contributed by atoms with Crippen LogP contribution in [0.3, 0.4) is 0 Å². The molecule has 6 unspecified atom stereocenters. The Balaban J connectivity index is 1.60. The number of ketones is 1. The molecular formula is C36H46ClN9O7. The molecule has 0 aliphatic rings. The van der Waals surface area contributed by atoms with Crippen molar-refractivity contribution in [2.24, 2.45) is 11.5 Å². The Bertz CT molecular complexity index is 1710. The van der Waals surface area contributed by atoms with E-state index in [0.29, 0.717) is 24.4 Å². The quantitative estimate of drug-likeness (QED) is 0.0607. The van der Waals surface area contributed by atoms with Crippen molar-refractivity contribution in [1.82, 2.24) is 36.6 Å². The number of carbonyl (C=O) groups is 6. The molecule has 2 aromatic carbocycles. The van der Waals surface area contributed by atoms with Crippen molar-refractivity contribution in [2.45, 2.75) is 76.3 Å². The van der Waals surface area contributed by atoms with Crippen LogP contribution in [-0.2, 0) is 19.2 Å². The van der Waals surface area contributed by atoms with Crippen LogP contribution in [0.4, 0.5) is 0 Å². The zero-order chi connectivity index (χ0) is 39.1. The maximum atomic E-state index is 13.2. The molecule has 1 heterocycles. The molecule has 3 rings (SSSR count). The number of hydrogen-bond acceptors (Lipinski definition) is 11. The van der Waals surface area contributed by atoms with Crippen LogP contribution in [0.5, 0.6) is 0 Å². The highest BCUT2D eigenvalue weighted by Crippen LogP contribution is 2.22. The van der Waals surface area contributed by atoms with E-state index in [1.54, 1.807) is 42.5 Å². The fourth-order valence-electron chi connectivity index (χ4n) is 5.02. The maximum absolute atomic E-state index is 13.2. The number of rotatable bonds is 19. The van der Waals surface area contributed by atoms with Gasteiger partial charge in [0.05, 0.1) is 12.1 Å². The van der Waals surface area contributed by atoms with E-state index in [1.807, 2.05) is 12.1 Å². The highest BCUT2D eigenvalue weighted by atomic mass is 35.5. The van der Waals surface area contributed by atoms with E-state index >= 15 is 0 Å².